The van der Waals surface area contributed by atoms with Crippen molar-refractivity contribution in [1.29, 1.82) is 10.7 Å². The molecule has 3 fully saturated rings. The van der Waals surface area contributed by atoms with Gasteiger partial charge in [-0.05, 0) is 68.6 Å². The lowest BCUT2D eigenvalue weighted by Gasteiger charge is -2.63. The number of nitrogens with zero attached hydrogens (tertiary/aromatic N) is 5. The Balaban J connectivity index is 0.887. The maximum atomic E-state index is 13.4. The number of carbonyl (C=O) groups is 4. The van der Waals surface area contributed by atoms with Gasteiger partial charge < -0.3 is 25.0 Å². The third kappa shape index (κ3) is 9.40. The van der Waals surface area contributed by atoms with Gasteiger partial charge in [0.2, 0.25) is 11.8 Å². The Morgan fingerprint density at radius 1 is 1.00 bits per heavy atom. The standard InChI is InChI=1S/C41H50ClN9O6/c1-40(2)37(41(3,4)38(40)57-28-10-8-26(23-43)30(42)22-28)48-35(53)27-9-14-33(45-24-27)50-19-17-49(18-20-50)16-6-5-7-21-56-29-11-13-32(44)51(25-29)39(55)46-31-12-15-34(52)47-36(31)54/h8-11,13-14,22,24-25,31,37-38,44H,5-7,12,15-21H2,1-4H3,(H,46,55)(H,48,53)(H,47,52,54)/t31?,37-,38-. The number of hydrogen-bond donors (Lipinski definition) is 4. The minimum Gasteiger partial charge on any atom is -0.492 e. The normalized spacial score (nSPS) is 21.4. The number of rotatable bonds is 13. The first-order valence-corrected chi connectivity index (χ1v) is 19.7. The smallest absolute Gasteiger partial charge is 0.327 e. The first-order valence-electron chi connectivity index (χ1n) is 19.3. The highest BCUT2D eigenvalue weighted by atomic mass is 35.5. The van der Waals surface area contributed by atoms with Crippen LogP contribution in [0.15, 0.2) is 54.9 Å². The maximum Gasteiger partial charge on any atom is 0.327 e. The largest absolute Gasteiger partial charge is 0.492 e. The van der Waals surface area contributed by atoms with Gasteiger partial charge in [-0.3, -0.25) is 34.6 Å². The number of aromatic nitrogens is 2. The molecule has 0 bridgehead atoms. The van der Waals surface area contributed by atoms with E-state index >= 15 is 0 Å². The summed E-state index contributed by atoms with van der Waals surface area (Å²) in [6.07, 6.45) is 6.03. The van der Waals surface area contributed by atoms with Gasteiger partial charge in [-0.15, -0.1) is 0 Å². The van der Waals surface area contributed by atoms with Crippen LogP contribution < -0.4 is 35.8 Å². The molecule has 1 aliphatic carbocycles. The molecular weight excluding hydrogens is 750 g/mol. The van der Waals surface area contributed by atoms with Crippen molar-refractivity contribution in [3.05, 3.63) is 76.5 Å². The van der Waals surface area contributed by atoms with E-state index in [4.69, 9.17) is 26.5 Å². The molecular formula is C41H50ClN9O6. The topological polar surface area (TPSA) is 195 Å². The van der Waals surface area contributed by atoms with Crippen molar-refractivity contribution in [2.75, 3.05) is 44.2 Å². The Morgan fingerprint density at radius 3 is 2.40 bits per heavy atom. The number of halogens is 1. The minimum absolute atomic E-state index is 0.0595. The SMILES string of the molecule is CC1(C)[C@H](NC(=O)c2ccc(N3CCN(CCCCCOc4ccc(=N)n(C(=O)NC5CCC(=O)NC5=O)c4)CC3)nc2)C(C)(C)[C@H]1Oc1ccc(C#N)c(Cl)c1. The van der Waals surface area contributed by atoms with Crippen LogP contribution >= 0.6 is 11.6 Å². The van der Waals surface area contributed by atoms with Crippen molar-refractivity contribution in [1.82, 2.24) is 30.4 Å². The van der Waals surface area contributed by atoms with Crippen LogP contribution in [0, 0.1) is 27.6 Å². The van der Waals surface area contributed by atoms with E-state index < -0.39 is 18.0 Å². The second-order valence-corrected chi connectivity index (χ2v) is 16.4. The quantitative estimate of drug-likeness (QED) is 0.144. The lowest BCUT2D eigenvalue weighted by molar-refractivity contribution is -0.164. The van der Waals surface area contributed by atoms with Crippen LogP contribution in [0.2, 0.25) is 5.02 Å². The number of carbonyl (C=O) groups excluding carboxylic acids is 4. The fourth-order valence-electron chi connectivity index (χ4n) is 8.31. The molecule has 0 spiro atoms. The van der Waals surface area contributed by atoms with Gasteiger partial charge in [0, 0.05) is 61.7 Å². The fraction of sp³-hybridized carbons (Fsp3) is 0.488. The first kappa shape index (κ1) is 41.2. The predicted octanol–water partition coefficient (Wildman–Crippen LogP) is 4.23. The lowest BCUT2D eigenvalue weighted by atomic mass is 9.49. The molecule has 16 heteroatoms. The Hall–Kier alpha value is -5.46. The highest BCUT2D eigenvalue weighted by Crippen LogP contribution is 2.55. The summed E-state index contributed by atoms with van der Waals surface area (Å²) in [6, 6.07) is 12.3. The monoisotopic (exact) mass is 799 g/mol. The van der Waals surface area contributed by atoms with Gasteiger partial charge in [0.05, 0.1) is 29.0 Å². The number of amides is 4. The predicted molar refractivity (Wildman–Crippen MR) is 212 cm³/mol. The summed E-state index contributed by atoms with van der Waals surface area (Å²) < 4.78 is 13.3. The molecule has 2 aromatic heterocycles. The van der Waals surface area contributed by atoms with Gasteiger partial charge in [-0.1, -0.05) is 39.3 Å². The Morgan fingerprint density at radius 2 is 1.74 bits per heavy atom. The van der Waals surface area contributed by atoms with E-state index in [1.165, 1.54) is 12.3 Å². The Labute approximate surface area is 337 Å². The zero-order valence-electron chi connectivity index (χ0n) is 32.8. The molecule has 2 saturated heterocycles. The zero-order chi connectivity index (χ0) is 40.9. The Bertz CT molecular complexity index is 2070. The molecule has 15 nitrogen and oxygen atoms in total. The first-order chi connectivity index (χ1) is 27.2. The minimum atomic E-state index is -0.835. The zero-order valence-corrected chi connectivity index (χ0v) is 33.5. The molecule has 3 aliphatic rings. The van der Waals surface area contributed by atoms with Crippen LogP contribution in [-0.2, 0) is 9.59 Å². The number of anilines is 1. The Kier molecular flexibility index (Phi) is 12.5. The number of piperidine rings is 1. The van der Waals surface area contributed by atoms with Crippen molar-refractivity contribution in [2.45, 2.75) is 78.0 Å². The van der Waals surface area contributed by atoms with Crippen molar-refractivity contribution < 1.29 is 28.7 Å². The third-order valence-corrected chi connectivity index (χ3v) is 11.5. The number of imide groups is 1. The molecule has 4 heterocycles. The van der Waals surface area contributed by atoms with E-state index in [2.05, 4.69) is 64.5 Å². The highest BCUT2D eigenvalue weighted by molar-refractivity contribution is 6.31. The summed E-state index contributed by atoms with van der Waals surface area (Å²) in [5, 5.41) is 25.6. The molecule has 1 saturated carbocycles. The summed E-state index contributed by atoms with van der Waals surface area (Å²) in [4.78, 5) is 58.9. The van der Waals surface area contributed by atoms with Gasteiger partial charge in [0.15, 0.2) is 0 Å². The summed E-state index contributed by atoms with van der Waals surface area (Å²) in [5.74, 6) is 0.770. The number of unbranched alkanes of at least 4 members (excludes halogenated alkanes) is 2. The summed E-state index contributed by atoms with van der Waals surface area (Å²) in [7, 11) is 0. The van der Waals surface area contributed by atoms with Crippen LogP contribution in [0.3, 0.4) is 0 Å². The molecule has 4 N–H and O–H groups in total. The molecule has 1 unspecified atom stereocenters. The van der Waals surface area contributed by atoms with E-state index in [1.54, 1.807) is 30.5 Å². The van der Waals surface area contributed by atoms with Crippen molar-refractivity contribution >= 4 is 41.2 Å². The van der Waals surface area contributed by atoms with Crippen LogP contribution in [0.4, 0.5) is 10.6 Å². The average Bonchev–Trinajstić information content (AvgIpc) is 3.19. The van der Waals surface area contributed by atoms with Crippen LogP contribution in [0.1, 0.15) is 75.7 Å². The third-order valence-electron chi connectivity index (χ3n) is 11.2. The van der Waals surface area contributed by atoms with Crippen molar-refractivity contribution in [3.8, 4) is 17.6 Å². The number of nitriles is 1. The molecule has 1 atom stereocenters. The summed E-state index contributed by atoms with van der Waals surface area (Å²) >= 11 is 6.23. The lowest BCUT2D eigenvalue weighted by Crippen LogP contribution is -2.74. The summed E-state index contributed by atoms with van der Waals surface area (Å²) in [6.45, 7) is 13.2. The van der Waals surface area contributed by atoms with Gasteiger partial charge in [-0.2, -0.15) is 5.26 Å². The summed E-state index contributed by atoms with van der Waals surface area (Å²) in [5.41, 5.74) is 0.0892. The number of piperazine rings is 1. The molecule has 1 aromatic carbocycles. The number of nitrogens with one attached hydrogen (secondary N) is 4. The maximum absolute atomic E-state index is 13.4. The van der Waals surface area contributed by atoms with E-state index in [9.17, 15) is 24.4 Å². The van der Waals surface area contributed by atoms with Gasteiger partial charge in [0.1, 0.15) is 41.0 Å². The molecule has 2 aliphatic heterocycles. The number of ether oxygens (including phenoxy) is 2. The number of hydrogen-bond acceptors (Lipinski definition) is 11. The van der Waals surface area contributed by atoms with Gasteiger partial charge in [0.25, 0.3) is 5.91 Å². The molecule has 0 radical (unpaired) electrons. The number of pyridine rings is 2. The molecule has 57 heavy (non-hydrogen) atoms. The second-order valence-electron chi connectivity index (χ2n) is 16.0. The second kappa shape index (κ2) is 17.4. The van der Waals surface area contributed by atoms with Crippen LogP contribution in [0.25, 0.3) is 0 Å². The highest BCUT2D eigenvalue weighted by Gasteiger charge is 2.64. The van der Waals surface area contributed by atoms with Gasteiger partial charge in [-0.25, -0.2) is 9.78 Å². The average molecular weight is 800 g/mol. The fourth-order valence-corrected chi connectivity index (χ4v) is 8.52. The van der Waals surface area contributed by atoms with Crippen LogP contribution in [-0.4, -0.2) is 95.7 Å². The van der Waals surface area contributed by atoms with E-state index in [-0.39, 0.29) is 53.1 Å². The molecule has 6 rings (SSSR count). The molecule has 4 amide bonds. The van der Waals surface area contributed by atoms with Crippen LogP contribution in [0.5, 0.6) is 11.5 Å². The van der Waals surface area contributed by atoms with E-state index in [0.29, 0.717) is 34.3 Å². The van der Waals surface area contributed by atoms with Crippen molar-refractivity contribution in [3.63, 3.8) is 0 Å². The number of benzene rings is 1. The molecule has 3 aromatic rings. The molecule has 302 valence electrons. The van der Waals surface area contributed by atoms with E-state index in [0.717, 1.165) is 62.4 Å². The van der Waals surface area contributed by atoms with Crippen molar-refractivity contribution in [2.24, 2.45) is 10.8 Å². The van der Waals surface area contributed by atoms with E-state index in [1.807, 2.05) is 12.1 Å². The van der Waals surface area contributed by atoms with Gasteiger partial charge >= 0.3 is 6.03 Å².